The summed E-state index contributed by atoms with van der Waals surface area (Å²) in [6, 6.07) is 0. The van der Waals surface area contributed by atoms with Gasteiger partial charge >= 0.3 is 0 Å². The van der Waals surface area contributed by atoms with Crippen LogP contribution in [0.15, 0.2) is 0 Å². The summed E-state index contributed by atoms with van der Waals surface area (Å²) in [6.07, 6.45) is 0.561. The van der Waals surface area contributed by atoms with E-state index in [0.717, 1.165) is 0 Å². The molecule has 106 valence electrons. The van der Waals surface area contributed by atoms with Gasteiger partial charge in [0.2, 0.25) is 0 Å². The lowest BCUT2D eigenvalue weighted by atomic mass is 9.70. The molecule has 5 atom stereocenters. The number of hydrogen-bond donors (Lipinski definition) is 0. The second kappa shape index (κ2) is 5.51. The fourth-order valence-corrected chi connectivity index (χ4v) is 8.30. The topological polar surface area (TPSA) is 0 Å². The molecule has 0 aliphatic heterocycles. The van der Waals surface area contributed by atoms with Crippen molar-refractivity contribution in [3.8, 4) is 0 Å². The molecular formula is C10H10Cl8. The SMILES string of the molecule is ClCC12C[C@@H](Cl)C([C@H](Cl)[C@H]1Cl)C2(C(Cl)Cl)C(Cl)Cl. The molecule has 2 unspecified atom stereocenters. The Balaban J connectivity index is 2.64. The Morgan fingerprint density at radius 3 is 1.83 bits per heavy atom. The Kier molecular flexibility index (Phi) is 5.10. The van der Waals surface area contributed by atoms with Crippen molar-refractivity contribution in [2.24, 2.45) is 16.7 Å². The Bertz CT molecular complexity index is 324. The van der Waals surface area contributed by atoms with Gasteiger partial charge in [-0.3, -0.25) is 0 Å². The highest BCUT2D eigenvalue weighted by atomic mass is 35.5. The van der Waals surface area contributed by atoms with E-state index in [-0.39, 0.29) is 17.2 Å². The van der Waals surface area contributed by atoms with Crippen molar-refractivity contribution in [3.05, 3.63) is 0 Å². The maximum Gasteiger partial charge on any atom is 0.117 e. The molecule has 0 aromatic heterocycles. The normalized spacial score (nSPS) is 46.3. The molecule has 0 aromatic rings. The van der Waals surface area contributed by atoms with Crippen molar-refractivity contribution in [1.82, 2.24) is 0 Å². The number of hydrogen-bond acceptors (Lipinski definition) is 0. The smallest absolute Gasteiger partial charge is 0.117 e. The summed E-state index contributed by atoms with van der Waals surface area (Å²) >= 11 is 50.1. The van der Waals surface area contributed by atoms with E-state index in [4.69, 9.17) is 92.8 Å². The average Bonchev–Trinajstić information content (AvgIpc) is 2.66. The van der Waals surface area contributed by atoms with Crippen LogP contribution in [-0.2, 0) is 0 Å². The maximum absolute atomic E-state index is 6.44. The number of rotatable bonds is 3. The molecule has 2 aliphatic rings. The van der Waals surface area contributed by atoms with Crippen molar-refractivity contribution >= 4 is 92.8 Å². The van der Waals surface area contributed by atoms with Gasteiger partial charge in [-0.25, -0.2) is 0 Å². The molecule has 2 saturated carbocycles. The van der Waals surface area contributed by atoms with Crippen LogP contribution in [0.25, 0.3) is 0 Å². The first-order valence-electron chi connectivity index (χ1n) is 5.31. The molecule has 8 heteroatoms. The Hall–Kier alpha value is 2.32. The molecule has 0 aromatic carbocycles. The van der Waals surface area contributed by atoms with Gasteiger partial charge in [0.05, 0.1) is 10.8 Å². The van der Waals surface area contributed by atoms with Crippen LogP contribution in [0, 0.1) is 16.7 Å². The van der Waals surface area contributed by atoms with Crippen LogP contribution in [-0.4, -0.2) is 31.7 Å². The van der Waals surface area contributed by atoms with Crippen LogP contribution in [0.2, 0.25) is 0 Å². The van der Waals surface area contributed by atoms with E-state index in [0.29, 0.717) is 6.42 Å². The minimum Gasteiger partial charge on any atom is -0.126 e. The maximum atomic E-state index is 6.44. The van der Waals surface area contributed by atoms with E-state index < -0.39 is 31.3 Å². The van der Waals surface area contributed by atoms with E-state index in [9.17, 15) is 0 Å². The number of halogens is 8. The standard InChI is InChI=1S/C10H10Cl8/c11-2-9-1-3(12)4(5(13)6(9)14)10(9,7(15)16)8(17)18/h3-8H,1-2H2/t3-,4?,5+,6-,9?/m1/s1. The molecule has 0 spiro atoms. The van der Waals surface area contributed by atoms with Gasteiger partial charge in [0.15, 0.2) is 0 Å². The third kappa shape index (κ3) is 1.80. The van der Waals surface area contributed by atoms with Crippen LogP contribution in [0.1, 0.15) is 6.42 Å². The number of alkyl halides is 8. The number of fused-ring (bicyclic) bond motifs is 2. The summed E-state index contributed by atoms with van der Waals surface area (Å²) in [5.41, 5.74) is -1.53. The zero-order chi connectivity index (χ0) is 13.9. The van der Waals surface area contributed by atoms with E-state index >= 15 is 0 Å². The van der Waals surface area contributed by atoms with Crippen molar-refractivity contribution in [2.45, 2.75) is 32.2 Å². The van der Waals surface area contributed by atoms with Crippen LogP contribution < -0.4 is 0 Å². The van der Waals surface area contributed by atoms with Gasteiger partial charge in [0, 0.05) is 28.0 Å². The lowest BCUT2D eigenvalue weighted by molar-refractivity contribution is 0.143. The third-order valence-electron chi connectivity index (χ3n) is 4.47. The molecule has 18 heavy (non-hydrogen) atoms. The highest BCUT2D eigenvalue weighted by Crippen LogP contribution is 2.75. The average molecular weight is 414 g/mol. The summed E-state index contributed by atoms with van der Waals surface area (Å²) in [6.45, 7) is 0. The highest BCUT2D eigenvalue weighted by Gasteiger charge is 2.78. The highest BCUT2D eigenvalue weighted by molar-refractivity contribution is 6.50. The first-order valence-corrected chi connectivity index (χ1v) is 8.90. The first-order chi connectivity index (χ1) is 8.27. The molecule has 0 N–H and O–H groups in total. The predicted molar refractivity (Wildman–Crippen MR) is 83.6 cm³/mol. The third-order valence-corrected chi connectivity index (χ3v) is 8.16. The fourth-order valence-electron chi connectivity index (χ4n) is 3.65. The fraction of sp³-hybridized carbons (Fsp3) is 1.00. The Morgan fingerprint density at radius 1 is 1.00 bits per heavy atom. The Morgan fingerprint density at radius 2 is 1.50 bits per heavy atom. The summed E-state index contributed by atoms with van der Waals surface area (Å²) in [7, 11) is 0. The van der Waals surface area contributed by atoms with Crippen molar-refractivity contribution in [1.29, 1.82) is 0 Å². The van der Waals surface area contributed by atoms with E-state index in [1.165, 1.54) is 0 Å². The van der Waals surface area contributed by atoms with Crippen molar-refractivity contribution in [2.75, 3.05) is 5.88 Å². The summed E-state index contributed by atoms with van der Waals surface area (Å²) < 4.78 is 0. The largest absolute Gasteiger partial charge is 0.126 e. The minimum absolute atomic E-state index is 0.218. The molecule has 0 nitrogen and oxygen atoms in total. The van der Waals surface area contributed by atoms with Crippen LogP contribution >= 0.6 is 92.8 Å². The molecule has 2 rings (SSSR count). The second-order valence-corrected chi connectivity index (χ2v) is 8.91. The zero-order valence-electron chi connectivity index (χ0n) is 8.90. The summed E-state index contributed by atoms with van der Waals surface area (Å²) in [4.78, 5) is -1.68. The lowest BCUT2D eigenvalue weighted by Crippen LogP contribution is -2.50. The molecule has 0 heterocycles. The van der Waals surface area contributed by atoms with Gasteiger partial charge in [0.25, 0.3) is 0 Å². The van der Waals surface area contributed by atoms with Crippen LogP contribution in [0.3, 0.4) is 0 Å². The van der Waals surface area contributed by atoms with Gasteiger partial charge in [-0.2, -0.15) is 0 Å². The van der Waals surface area contributed by atoms with Gasteiger partial charge in [-0.1, -0.05) is 0 Å². The van der Waals surface area contributed by atoms with Gasteiger partial charge < -0.3 is 0 Å². The van der Waals surface area contributed by atoms with Gasteiger partial charge in [0.1, 0.15) is 9.67 Å². The second-order valence-electron chi connectivity index (χ2n) is 4.92. The summed E-state index contributed by atoms with van der Waals surface area (Å²) in [5, 5.41) is -1.04. The molecular weight excluding hydrogens is 404 g/mol. The Labute approximate surface area is 146 Å². The van der Waals surface area contributed by atoms with Gasteiger partial charge in [-0.15, -0.1) is 92.8 Å². The predicted octanol–water partition coefficient (Wildman–Crippen LogP) is 5.66. The summed E-state index contributed by atoms with van der Waals surface area (Å²) in [5.74, 6) is -0.0437. The van der Waals surface area contributed by atoms with Crippen LogP contribution in [0.4, 0.5) is 0 Å². The van der Waals surface area contributed by atoms with Gasteiger partial charge in [-0.05, 0) is 6.42 Å². The van der Waals surface area contributed by atoms with E-state index in [1.807, 2.05) is 0 Å². The van der Waals surface area contributed by atoms with E-state index in [1.54, 1.807) is 0 Å². The van der Waals surface area contributed by atoms with Crippen molar-refractivity contribution in [3.63, 3.8) is 0 Å². The molecule has 2 bridgehead atoms. The molecule has 2 fully saturated rings. The molecule has 0 saturated heterocycles. The molecule has 2 aliphatic carbocycles. The lowest BCUT2D eigenvalue weighted by Gasteiger charge is -2.45. The monoisotopic (exact) mass is 410 g/mol. The minimum atomic E-state index is -0.883. The first kappa shape index (κ1) is 16.7. The molecule has 0 amide bonds. The van der Waals surface area contributed by atoms with Crippen molar-refractivity contribution < 1.29 is 0 Å². The molecule has 0 radical (unpaired) electrons. The van der Waals surface area contributed by atoms with E-state index in [2.05, 4.69) is 0 Å². The van der Waals surface area contributed by atoms with Crippen LogP contribution in [0.5, 0.6) is 0 Å². The zero-order valence-corrected chi connectivity index (χ0v) is 14.9. The quantitative estimate of drug-likeness (QED) is 0.524.